The van der Waals surface area contributed by atoms with Gasteiger partial charge in [0, 0.05) is 13.1 Å². The van der Waals surface area contributed by atoms with E-state index in [1.807, 2.05) is 6.92 Å². The third-order valence-corrected chi connectivity index (χ3v) is 8.85. The summed E-state index contributed by atoms with van der Waals surface area (Å²) in [6.45, 7) is 8.21. The molecule has 6 nitrogen and oxygen atoms in total. The first kappa shape index (κ1) is 43.7. The van der Waals surface area contributed by atoms with Crippen molar-refractivity contribution in [3.05, 3.63) is 0 Å². The van der Waals surface area contributed by atoms with E-state index >= 15 is 0 Å². The summed E-state index contributed by atoms with van der Waals surface area (Å²) in [5.74, 6) is 0. The molecule has 0 fully saturated rings. The van der Waals surface area contributed by atoms with Crippen molar-refractivity contribution >= 4 is 46.6 Å². The molecule has 0 bridgehead atoms. The van der Waals surface area contributed by atoms with Gasteiger partial charge in [-0.05, 0) is 44.2 Å². The second kappa shape index (κ2) is 37.2. The van der Waals surface area contributed by atoms with Gasteiger partial charge < -0.3 is 10.6 Å². The van der Waals surface area contributed by atoms with E-state index in [1.54, 1.807) is 6.21 Å². The number of hydrazone groups is 2. The summed E-state index contributed by atoms with van der Waals surface area (Å²) < 4.78 is 0. The summed E-state index contributed by atoms with van der Waals surface area (Å²) in [5.41, 5.74) is 6.48. The van der Waals surface area contributed by atoms with Gasteiger partial charge in [0.25, 0.3) is 0 Å². The summed E-state index contributed by atoms with van der Waals surface area (Å²) in [6.07, 6.45) is 40.0. The Hall–Kier alpha value is -1.28. The van der Waals surface area contributed by atoms with Crippen molar-refractivity contribution < 1.29 is 0 Å². The van der Waals surface area contributed by atoms with Gasteiger partial charge in [-0.3, -0.25) is 10.9 Å². The first-order valence-corrected chi connectivity index (χ1v) is 20.1. The quantitative estimate of drug-likeness (QED) is 0.0242. The number of unbranched alkanes of at least 4 members (excludes halogenated alkanes) is 26. The Bertz CT molecular complexity index is 713. The van der Waals surface area contributed by atoms with Gasteiger partial charge in [0.05, 0.1) is 11.9 Å². The van der Waals surface area contributed by atoms with Crippen LogP contribution in [0.1, 0.15) is 201 Å². The molecule has 0 aliphatic heterocycles. The van der Waals surface area contributed by atoms with Gasteiger partial charge in [0.15, 0.2) is 10.2 Å². The smallest absolute Gasteiger partial charge is 0.186 e. The molecule has 0 aliphatic carbocycles. The van der Waals surface area contributed by atoms with Crippen LogP contribution < -0.4 is 21.5 Å². The maximum absolute atomic E-state index is 5.33. The summed E-state index contributed by atoms with van der Waals surface area (Å²) in [7, 11) is 0. The first-order valence-electron chi connectivity index (χ1n) is 19.2. The van der Waals surface area contributed by atoms with E-state index in [2.05, 4.69) is 45.5 Å². The highest BCUT2D eigenvalue weighted by Crippen LogP contribution is 2.14. The minimum absolute atomic E-state index is 0.548. The molecule has 0 aliphatic rings. The number of hydrogen-bond donors (Lipinski definition) is 4. The molecule has 8 heteroatoms. The Morgan fingerprint density at radius 3 is 1.07 bits per heavy atom. The molecule has 0 saturated heterocycles. The van der Waals surface area contributed by atoms with Crippen LogP contribution in [0.4, 0.5) is 0 Å². The Labute approximate surface area is 291 Å². The average Bonchev–Trinajstić information content (AvgIpc) is 3.03. The molecule has 0 atom stereocenters. The van der Waals surface area contributed by atoms with E-state index in [9.17, 15) is 0 Å². The Balaban J connectivity index is 3.51. The highest BCUT2D eigenvalue weighted by Gasteiger charge is 1.98. The molecule has 0 rings (SSSR count). The minimum atomic E-state index is 0.548. The van der Waals surface area contributed by atoms with Crippen LogP contribution in [0.2, 0.25) is 0 Å². The van der Waals surface area contributed by atoms with Gasteiger partial charge in [-0.1, -0.05) is 181 Å². The maximum Gasteiger partial charge on any atom is 0.186 e. The normalized spacial score (nSPS) is 11.7. The van der Waals surface area contributed by atoms with Gasteiger partial charge in [0.2, 0.25) is 0 Å². The maximum atomic E-state index is 5.33. The van der Waals surface area contributed by atoms with Crippen molar-refractivity contribution in [2.45, 2.75) is 201 Å². The van der Waals surface area contributed by atoms with E-state index in [0.717, 1.165) is 31.6 Å². The average molecular weight is 667 g/mol. The molecule has 0 saturated carbocycles. The van der Waals surface area contributed by atoms with Gasteiger partial charge in [-0.25, -0.2) is 0 Å². The van der Waals surface area contributed by atoms with Crippen LogP contribution in [0, 0.1) is 0 Å². The highest BCUT2D eigenvalue weighted by atomic mass is 32.1. The molecule has 0 aromatic rings. The van der Waals surface area contributed by atoms with E-state index in [4.69, 9.17) is 24.4 Å². The molecule has 4 N–H and O–H groups in total. The van der Waals surface area contributed by atoms with E-state index in [-0.39, 0.29) is 0 Å². The minimum Gasteiger partial charge on any atom is -0.361 e. The summed E-state index contributed by atoms with van der Waals surface area (Å²) in [6, 6.07) is 0. The molecule has 0 aromatic carbocycles. The Kier molecular flexibility index (Phi) is 36.1. The summed E-state index contributed by atoms with van der Waals surface area (Å²) in [5, 5.41) is 16.0. The predicted molar refractivity (Wildman–Crippen MR) is 210 cm³/mol. The highest BCUT2D eigenvalue weighted by molar-refractivity contribution is 7.80. The van der Waals surface area contributed by atoms with E-state index < -0.39 is 0 Å². The van der Waals surface area contributed by atoms with Gasteiger partial charge >= 0.3 is 0 Å². The van der Waals surface area contributed by atoms with Crippen LogP contribution >= 0.6 is 24.4 Å². The van der Waals surface area contributed by atoms with Crippen molar-refractivity contribution in [1.82, 2.24) is 21.5 Å². The monoisotopic (exact) mass is 667 g/mol. The second-order valence-electron chi connectivity index (χ2n) is 12.9. The Morgan fingerprint density at radius 1 is 0.444 bits per heavy atom. The largest absolute Gasteiger partial charge is 0.361 e. The summed E-state index contributed by atoms with van der Waals surface area (Å²) in [4.78, 5) is 0. The fourth-order valence-electron chi connectivity index (χ4n) is 5.47. The third-order valence-electron chi connectivity index (χ3n) is 8.38. The number of nitrogens with one attached hydrogen (secondary N) is 4. The van der Waals surface area contributed by atoms with Crippen molar-refractivity contribution in [3.63, 3.8) is 0 Å². The molecule has 0 spiro atoms. The van der Waals surface area contributed by atoms with Crippen LogP contribution in [0.15, 0.2) is 10.2 Å². The summed E-state index contributed by atoms with van der Waals surface area (Å²) >= 11 is 10.7. The molecule has 264 valence electrons. The van der Waals surface area contributed by atoms with Crippen LogP contribution in [0.25, 0.3) is 0 Å². The molecule has 0 unspecified atom stereocenters. The number of nitrogens with zero attached hydrogens (tertiary/aromatic N) is 2. The third kappa shape index (κ3) is 37.1. The second-order valence-corrected chi connectivity index (χ2v) is 13.8. The lowest BCUT2D eigenvalue weighted by Crippen LogP contribution is -2.34. The SMILES string of the molecule is CCCCCCCCCCCCCCCCNC(=S)N/N=C/C(C)=N/NC(=S)NCCCCCCCCCCCCCCCC. The van der Waals surface area contributed by atoms with Gasteiger partial charge in [-0.15, -0.1) is 0 Å². The molecular formula is C37H74N6S2. The molecular weight excluding hydrogens is 593 g/mol. The van der Waals surface area contributed by atoms with Crippen molar-refractivity contribution in [3.8, 4) is 0 Å². The number of hydrogen-bond acceptors (Lipinski definition) is 4. The fourth-order valence-corrected chi connectivity index (χ4v) is 5.78. The van der Waals surface area contributed by atoms with Gasteiger partial charge in [-0.2, -0.15) is 10.2 Å². The van der Waals surface area contributed by atoms with Crippen molar-refractivity contribution in [1.29, 1.82) is 0 Å². The molecule has 0 heterocycles. The van der Waals surface area contributed by atoms with E-state index in [1.165, 1.54) is 167 Å². The lowest BCUT2D eigenvalue weighted by atomic mass is 10.0. The zero-order valence-corrected chi connectivity index (χ0v) is 31.6. The number of thiocarbonyl (C=S) groups is 2. The van der Waals surface area contributed by atoms with Gasteiger partial charge in [0.1, 0.15) is 0 Å². The van der Waals surface area contributed by atoms with Crippen LogP contribution in [0.5, 0.6) is 0 Å². The molecule has 45 heavy (non-hydrogen) atoms. The number of rotatable bonds is 33. The molecule has 0 aromatic heterocycles. The zero-order valence-electron chi connectivity index (χ0n) is 30.0. The zero-order chi connectivity index (χ0) is 32.9. The van der Waals surface area contributed by atoms with Crippen molar-refractivity contribution in [2.75, 3.05) is 13.1 Å². The van der Waals surface area contributed by atoms with E-state index in [0.29, 0.717) is 10.2 Å². The standard InChI is InChI=1S/C37H74N6S2/c1-4-6-8-10-12-14-16-18-20-22-24-26-28-30-32-38-36(44)42-40-34-35(3)41-43-37(45)39-33-31-29-27-25-23-21-19-17-15-13-11-9-7-5-2/h34H,4-33H2,1-3H3,(H2,38,42,44)(H2,39,43,45)/b40-34+,41-35+. The molecule has 0 radical (unpaired) electrons. The first-order chi connectivity index (χ1) is 22.1. The lowest BCUT2D eigenvalue weighted by molar-refractivity contribution is 0.535. The van der Waals surface area contributed by atoms with Crippen LogP contribution in [0.3, 0.4) is 0 Å². The topological polar surface area (TPSA) is 72.8 Å². The Morgan fingerprint density at radius 2 is 0.733 bits per heavy atom. The van der Waals surface area contributed by atoms with Crippen LogP contribution in [-0.2, 0) is 0 Å². The lowest BCUT2D eigenvalue weighted by Gasteiger charge is -2.08. The predicted octanol–water partition coefficient (Wildman–Crippen LogP) is 11.2. The fraction of sp³-hybridized carbons (Fsp3) is 0.892. The van der Waals surface area contributed by atoms with Crippen LogP contribution in [-0.4, -0.2) is 35.2 Å². The van der Waals surface area contributed by atoms with Crippen molar-refractivity contribution in [2.24, 2.45) is 10.2 Å². The molecule has 0 amide bonds.